The summed E-state index contributed by atoms with van der Waals surface area (Å²) in [5.74, 6) is -1.57. The van der Waals surface area contributed by atoms with Crippen LogP contribution >= 0.6 is 0 Å². The number of hydrogen-bond acceptors (Lipinski definition) is 5. The van der Waals surface area contributed by atoms with Gasteiger partial charge in [0.1, 0.15) is 5.82 Å². The number of hydrogen-bond donors (Lipinski definition) is 1. The summed E-state index contributed by atoms with van der Waals surface area (Å²) in [6.45, 7) is 0. The molecule has 2 rings (SSSR count). The number of nitrogens with one attached hydrogen (secondary N) is 1. The van der Waals surface area contributed by atoms with Gasteiger partial charge in [0.15, 0.2) is 0 Å². The molecule has 9 heteroatoms. The third kappa shape index (κ3) is 3.20. The lowest BCUT2D eigenvalue weighted by molar-refractivity contribution is -0.385. The van der Waals surface area contributed by atoms with Crippen LogP contribution in [0.15, 0.2) is 42.5 Å². The Labute approximate surface area is 122 Å². The minimum Gasteiger partial charge on any atom is -0.319 e. The highest BCUT2D eigenvalue weighted by Gasteiger charge is 2.15. The van der Waals surface area contributed by atoms with Crippen molar-refractivity contribution in [2.75, 3.05) is 5.32 Å². The molecular formula is C13H8FN3O5. The zero-order valence-corrected chi connectivity index (χ0v) is 10.9. The fourth-order valence-corrected chi connectivity index (χ4v) is 1.65. The molecule has 0 fully saturated rings. The van der Waals surface area contributed by atoms with E-state index in [1.54, 1.807) is 0 Å². The van der Waals surface area contributed by atoms with Crippen LogP contribution in [0.3, 0.4) is 0 Å². The summed E-state index contributed by atoms with van der Waals surface area (Å²) in [5.41, 5.74) is -0.868. The number of carbonyl (C=O) groups excluding carboxylic acids is 1. The van der Waals surface area contributed by atoms with Gasteiger partial charge in [-0.1, -0.05) is 0 Å². The van der Waals surface area contributed by atoms with Crippen molar-refractivity contribution in [1.29, 1.82) is 0 Å². The number of nitro benzene ring substituents is 2. The molecule has 0 heterocycles. The van der Waals surface area contributed by atoms with Crippen LogP contribution in [0.2, 0.25) is 0 Å². The molecule has 0 aliphatic heterocycles. The van der Waals surface area contributed by atoms with Gasteiger partial charge in [0.25, 0.3) is 17.3 Å². The normalized spacial score (nSPS) is 10.0. The van der Waals surface area contributed by atoms with Gasteiger partial charge in [-0.15, -0.1) is 0 Å². The predicted octanol–water partition coefficient (Wildman–Crippen LogP) is 2.89. The number of nitro groups is 2. The van der Waals surface area contributed by atoms with Crippen LogP contribution in [0.5, 0.6) is 0 Å². The van der Waals surface area contributed by atoms with Crippen molar-refractivity contribution in [1.82, 2.24) is 0 Å². The molecular weight excluding hydrogens is 297 g/mol. The van der Waals surface area contributed by atoms with Crippen molar-refractivity contribution < 1.29 is 19.0 Å². The topological polar surface area (TPSA) is 115 Å². The Bertz CT molecular complexity index is 761. The van der Waals surface area contributed by atoms with Gasteiger partial charge in [-0.3, -0.25) is 25.0 Å². The molecule has 22 heavy (non-hydrogen) atoms. The van der Waals surface area contributed by atoms with Gasteiger partial charge in [-0.2, -0.15) is 0 Å². The molecule has 1 amide bonds. The molecule has 0 atom stereocenters. The molecule has 0 aliphatic rings. The summed E-state index contributed by atoms with van der Waals surface area (Å²) in [6, 6.07) is 7.36. The molecule has 112 valence electrons. The monoisotopic (exact) mass is 305 g/mol. The first-order valence-corrected chi connectivity index (χ1v) is 5.88. The van der Waals surface area contributed by atoms with Crippen LogP contribution < -0.4 is 5.32 Å². The number of carbonyl (C=O) groups is 1. The van der Waals surface area contributed by atoms with Crippen LogP contribution in [0, 0.1) is 26.0 Å². The molecule has 0 radical (unpaired) electrons. The number of nitrogens with zero attached hydrogens (tertiary/aromatic N) is 2. The zero-order chi connectivity index (χ0) is 16.3. The van der Waals surface area contributed by atoms with E-state index in [1.807, 2.05) is 0 Å². The van der Waals surface area contributed by atoms with Gasteiger partial charge >= 0.3 is 0 Å². The Balaban J connectivity index is 2.23. The number of non-ortho nitro benzene ring substituents is 2. The van der Waals surface area contributed by atoms with Crippen LogP contribution in [0.1, 0.15) is 10.4 Å². The van der Waals surface area contributed by atoms with E-state index in [0.717, 1.165) is 30.3 Å². The summed E-state index contributed by atoms with van der Waals surface area (Å²) in [6.07, 6.45) is 0. The number of halogens is 1. The second-order valence-corrected chi connectivity index (χ2v) is 4.18. The standard InChI is InChI=1S/C13H8FN3O5/c14-11-6-5-10(17(21)22)7-12(11)15-13(18)8-1-3-9(4-2-8)16(19)20/h1-7H,(H,15,18). The third-order valence-electron chi connectivity index (χ3n) is 2.75. The molecule has 2 aromatic carbocycles. The van der Waals surface area contributed by atoms with Crippen LogP contribution in [-0.4, -0.2) is 15.8 Å². The summed E-state index contributed by atoms with van der Waals surface area (Å²) in [7, 11) is 0. The number of rotatable bonds is 4. The highest BCUT2D eigenvalue weighted by Crippen LogP contribution is 2.22. The average Bonchev–Trinajstić information content (AvgIpc) is 2.49. The summed E-state index contributed by atoms with van der Waals surface area (Å²) < 4.78 is 13.6. The SMILES string of the molecule is O=C(Nc1cc([N+](=O)[O-])ccc1F)c1ccc([N+](=O)[O-])cc1. The molecule has 2 aromatic rings. The Hall–Kier alpha value is -3.36. The minimum atomic E-state index is -0.833. The molecule has 0 spiro atoms. The van der Waals surface area contributed by atoms with Gasteiger partial charge in [-0.05, 0) is 18.2 Å². The fourth-order valence-electron chi connectivity index (χ4n) is 1.65. The smallest absolute Gasteiger partial charge is 0.271 e. The van der Waals surface area contributed by atoms with Gasteiger partial charge in [0.05, 0.1) is 15.5 Å². The lowest BCUT2D eigenvalue weighted by atomic mass is 10.2. The zero-order valence-electron chi connectivity index (χ0n) is 10.9. The second kappa shape index (κ2) is 5.95. The maximum Gasteiger partial charge on any atom is 0.271 e. The van der Waals surface area contributed by atoms with Crippen molar-refractivity contribution in [3.05, 3.63) is 74.1 Å². The van der Waals surface area contributed by atoms with E-state index < -0.39 is 21.6 Å². The Morgan fingerprint density at radius 1 is 0.955 bits per heavy atom. The Kier molecular flexibility index (Phi) is 4.07. The third-order valence-corrected chi connectivity index (χ3v) is 2.75. The van der Waals surface area contributed by atoms with E-state index in [0.29, 0.717) is 0 Å². The van der Waals surface area contributed by atoms with E-state index in [9.17, 15) is 29.4 Å². The van der Waals surface area contributed by atoms with Gasteiger partial charge < -0.3 is 5.32 Å². The first kappa shape index (κ1) is 15.0. The molecule has 0 saturated heterocycles. The highest BCUT2D eigenvalue weighted by atomic mass is 19.1. The molecule has 0 saturated carbocycles. The first-order chi connectivity index (χ1) is 10.4. The number of benzene rings is 2. The van der Waals surface area contributed by atoms with E-state index in [-0.39, 0.29) is 22.6 Å². The quantitative estimate of drug-likeness (QED) is 0.688. The molecule has 0 aromatic heterocycles. The van der Waals surface area contributed by atoms with Gasteiger partial charge in [-0.25, -0.2) is 4.39 Å². The highest BCUT2D eigenvalue weighted by molar-refractivity contribution is 6.04. The summed E-state index contributed by atoms with van der Waals surface area (Å²) in [4.78, 5) is 31.7. The maximum absolute atomic E-state index is 13.6. The van der Waals surface area contributed by atoms with E-state index in [4.69, 9.17) is 0 Å². The lowest BCUT2D eigenvalue weighted by Gasteiger charge is -2.06. The van der Waals surface area contributed by atoms with E-state index in [1.165, 1.54) is 12.1 Å². The number of anilines is 1. The summed E-state index contributed by atoms with van der Waals surface area (Å²) in [5, 5.41) is 23.3. The average molecular weight is 305 g/mol. The van der Waals surface area contributed by atoms with Crippen molar-refractivity contribution in [2.24, 2.45) is 0 Å². The van der Waals surface area contributed by atoms with Crippen LogP contribution in [0.4, 0.5) is 21.5 Å². The minimum absolute atomic E-state index is 0.0523. The molecule has 0 aliphatic carbocycles. The van der Waals surface area contributed by atoms with Crippen LogP contribution in [0.25, 0.3) is 0 Å². The molecule has 1 N–H and O–H groups in total. The lowest BCUT2D eigenvalue weighted by Crippen LogP contribution is -2.13. The molecule has 0 unspecified atom stereocenters. The largest absolute Gasteiger partial charge is 0.319 e. The van der Waals surface area contributed by atoms with Gasteiger partial charge in [0.2, 0.25) is 0 Å². The van der Waals surface area contributed by atoms with Crippen molar-refractivity contribution >= 4 is 23.0 Å². The van der Waals surface area contributed by atoms with Crippen LogP contribution in [-0.2, 0) is 0 Å². The Morgan fingerprint density at radius 3 is 2.05 bits per heavy atom. The number of amides is 1. The molecule has 8 nitrogen and oxygen atoms in total. The van der Waals surface area contributed by atoms with Crippen molar-refractivity contribution in [3.8, 4) is 0 Å². The fraction of sp³-hybridized carbons (Fsp3) is 0. The second-order valence-electron chi connectivity index (χ2n) is 4.18. The molecule has 0 bridgehead atoms. The maximum atomic E-state index is 13.6. The Morgan fingerprint density at radius 2 is 1.50 bits per heavy atom. The summed E-state index contributed by atoms with van der Waals surface area (Å²) >= 11 is 0. The van der Waals surface area contributed by atoms with Crippen molar-refractivity contribution in [2.45, 2.75) is 0 Å². The van der Waals surface area contributed by atoms with E-state index in [2.05, 4.69) is 5.32 Å². The van der Waals surface area contributed by atoms with E-state index >= 15 is 0 Å². The van der Waals surface area contributed by atoms with Gasteiger partial charge in [0, 0.05) is 29.8 Å². The first-order valence-electron chi connectivity index (χ1n) is 5.88. The van der Waals surface area contributed by atoms with Crippen molar-refractivity contribution in [3.63, 3.8) is 0 Å². The predicted molar refractivity (Wildman–Crippen MR) is 74.1 cm³/mol.